The monoisotopic (exact) mass is 457 g/mol. The van der Waals surface area contributed by atoms with Crippen LogP contribution in [0.5, 0.6) is 5.75 Å². The van der Waals surface area contributed by atoms with Gasteiger partial charge < -0.3 is 14.8 Å². The van der Waals surface area contributed by atoms with Crippen LogP contribution in [0.2, 0.25) is 5.02 Å². The standard InChI is InChI=1S/C24H24ClNO4S/c1-5-16-6-8-17(9-7-16)19-13-31-23(21(19)24(28)29-4)26-22(27)15(3)30-20-11-10-18(25)12-14(20)2/h6-13,15H,5H2,1-4H3,(H,26,27). The van der Waals surface area contributed by atoms with Crippen molar-refractivity contribution in [2.45, 2.75) is 33.3 Å². The van der Waals surface area contributed by atoms with E-state index in [0.29, 0.717) is 21.3 Å². The molecule has 2 aromatic carbocycles. The fourth-order valence-electron chi connectivity index (χ4n) is 3.09. The number of rotatable bonds is 7. The molecule has 0 aliphatic carbocycles. The highest BCUT2D eigenvalue weighted by Gasteiger charge is 2.24. The highest BCUT2D eigenvalue weighted by Crippen LogP contribution is 2.36. The first-order valence-electron chi connectivity index (χ1n) is 9.86. The van der Waals surface area contributed by atoms with Gasteiger partial charge in [0, 0.05) is 16.0 Å². The van der Waals surface area contributed by atoms with Gasteiger partial charge in [0.15, 0.2) is 6.10 Å². The predicted octanol–water partition coefficient (Wildman–Crippen LogP) is 6.13. The van der Waals surface area contributed by atoms with Crippen LogP contribution in [0.25, 0.3) is 11.1 Å². The Balaban J connectivity index is 1.83. The summed E-state index contributed by atoms with van der Waals surface area (Å²) in [5, 5.41) is 5.69. The van der Waals surface area contributed by atoms with Crippen LogP contribution in [0.15, 0.2) is 47.8 Å². The second-order valence-corrected chi connectivity index (χ2v) is 8.37. The number of thiophene rings is 1. The fourth-order valence-corrected chi connectivity index (χ4v) is 4.28. The van der Waals surface area contributed by atoms with E-state index >= 15 is 0 Å². The SMILES string of the molecule is CCc1ccc(-c2csc(NC(=O)C(C)Oc3ccc(Cl)cc3C)c2C(=O)OC)cc1. The number of esters is 1. The van der Waals surface area contributed by atoms with E-state index in [1.807, 2.05) is 36.6 Å². The lowest BCUT2D eigenvalue weighted by Gasteiger charge is -2.16. The summed E-state index contributed by atoms with van der Waals surface area (Å²) >= 11 is 7.25. The zero-order chi connectivity index (χ0) is 22.5. The van der Waals surface area contributed by atoms with Gasteiger partial charge in [0.1, 0.15) is 16.3 Å². The fraction of sp³-hybridized carbons (Fsp3) is 0.250. The second-order valence-electron chi connectivity index (χ2n) is 7.05. The number of hydrogen-bond donors (Lipinski definition) is 1. The third-order valence-electron chi connectivity index (χ3n) is 4.90. The Morgan fingerprint density at radius 2 is 1.87 bits per heavy atom. The number of carbonyl (C=O) groups is 2. The molecule has 1 aromatic heterocycles. The molecule has 0 bridgehead atoms. The minimum atomic E-state index is -0.778. The van der Waals surface area contributed by atoms with Crippen molar-refractivity contribution in [3.8, 4) is 16.9 Å². The lowest BCUT2D eigenvalue weighted by molar-refractivity contribution is -0.122. The van der Waals surface area contributed by atoms with Gasteiger partial charge >= 0.3 is 5.97 Å². The number of methoxy groups -OCH3 is 1. The molecule has 0 radical (unpaired) electrons. The first-order chi connectivity index (χ1) is 14.8. The van der Waals surface area contributed by atoms with Gasteiger partial charge in [-0.05, 0) is 55.2 Å². The molecule has 0 aliphatic heterocycles. The number of ether oxygens (including phenoxy) is 2. The van der Waals surface area contributed by atoms with Gasteiger partial charge in [-0.15, -0.1) is 11.3 Å². The molecule has 1 heterocycles. The van der Waals surface area contributed by atoms with Gasteiger partial charge in [-0.2, -0.15) is 0 Å². The molecule has 31 heavy (non-hydrogen) atoms. The van der Waals surface area contributed by atoms with Crippen molar-refractivity contribution in [2.24, 2.45) is 0 Å². The first-order valence-corrected chi connectivity index (χ1v) is 11.1. The lowest BCUT2D eigenvalue weighted by Crippen LogP contribution is -2.30. The van der Waals surface area contributed by atoms with Crippen molar-refractivity contribution >= 4 is 39.8 Å². The summed E-state index contributed by atoms with van der Waals surface area (Å²) in [7, 11) is 1.32. The molecule has 1 atom stereocenters. The van der Waals surface area contributed by atoms with E-state index in [-0.39, 0.29) is 5.91 Å². The van der Waals surface area contributed by atoms with E-state index in [1.165, 1.54) is 24.0 Å². The lowest BCUT2D eigenvalue weighted by atomic mass is 10.0. The average molecular weight is 458 g/mol. The first kappa shape index (κ1) is 22.8. The molecular formula is C24H24ClNO4S. The van der Waals surface area contributed by atoms with E-state index in [1.54, 1.807) is 25.1 Å². The predicted molar refractivity (Wildman–Crippen MR) is 125 cm³/mol. The molecule has 0 saturated carbocycles. The molecule has 3 aromatic rings. The molecule has 0 spiro atoms. The molecule has 3 rings (SSSR count). The largest absolute Gasteiger partial charge is 0.481 e. The Kier molecular flexibility index (Phi) is 7.36. The molecule has 0 saturated heterocycles. The van der Waals surface area contributed by atoms with Crippen molar-refractivity contribution in [3.63, 3.8) is 0 Å². The van der Waals surface area contributed by atoms with Crippen LogP contribution in [-0.4, -0.2) is 25.1 Å². The topological polar surface area (TPSA) is 64.6 Å². The minimum Gasteiger partial charge on any atom is -0.481 e. The molecule has 1 unspecified atom stereocenters. The van der Waals surface area contributed by atoms with Crippen LogP contribution in [0.3, 0.4) is 0 Å². The summed E-state index contributed by atoms with van der Waals surface area (Å²) in [6, 6.07) is 13.2. The number of aryl methyl sites for hydroxylation is 2. The Morgan fingerprint density at radius 3 is 2.48 bits per heavy atom. The Hall–Kier alpha value is -2.83. The maximum absolute atomic E-state index is 12.8. The summed E-state index contributed by atoms with van der Waals surface area (Å²) in [6.45, 7) is 5.59. The highest BCUT2D eigenvalue weighted by molar-refractivity contribution is 7.15. The van der Waals surface area contributed by atoms with Crippen LogP contribution in [-0.2, 0) is 16.0 Å². The summed E-state index contributed by atoms with van der Waals surface area (Å²) < 4.78 is 10.8. The minimum absolute atomic E-state index is 0.333. The number of carbonyl (C=O) groups excluding carboxylic acids is 2. The number of halogens is 1. The van der Waals surface area contributed by atoms with Gasteiger partial charge in [-0.1, -0.05) is 42.8 Å². The molecule has 7 heteroatoms. The van der Waals surface area contributed by atoms with E-state index in [4.69, 9.17) is 21.1 Å². The van der Waals surface area contributed by atoms with Crippen molar-refractivity contribution < 1.29 is 19.1 Å². The third kappa shape index (κ3) is 5.27. The van der Waals surface area contributed by atoms with E-state index < -0.39 is 12.1 Å². The Bertz CT molecular complexity index is 1090. The molecule has 1 amide bonds. The number of nitrogens with one attached hydrogen (secondary N) is 1. The molecule has 162 valence electrons. The average Bonchev–Trinajstić information content (AvgIpc) is 3.18. The number of benzene rings is 2. The molecule has 0 fully saturated rings. The highest BCUT2D eigenvalue weighted by atomic mass is 35.5. The van der Waals surface area contributed by atoms with Gasteiger partial charge in [-0.25, -0.2) is 4.79 Å². The smallest absolute Gasteiger partial charge is 0.341 e. The van der Waals surface area contributed by atoms with Gasteiger partial charge in [0.05, 0.1) is 7.11 Å². The van der Waals surface area contributed by atoms with Crippen LogP contribution < -0.4 is 10.1 Å². The van der Waals surface area contributed by atoms with Crippen LogP contribution in [0.4, 0.5) is 5.00 Å². The van der Waals surface area contributed by atoms with Crippen molar-refractivity contribution in [2.75, 3.05) is 12.4 Å². The van der Waals surface area contributed by atoms with Gasteiger partial charge in [0.2, 0.25) is 0 Å². The molecule has 1 N–H and O–H groups in total. The van der Waals surface area contributed by atoms with Gasteiger partial charge in [0.25, 0.3) is 5.91 Å². The maximum Gasteiger partial charge on any atom is 0.341 e. The number of amides is 1. The van der Waals surface area contributed by atoms with E-state index in [9.17, 15) is 9.59 Å². The number of anilines is 1. The maximum atomic E-state index is 12.8. The van der Waals surface area contributed by atoms with Crippen molar-refractivity contribution in [1.82, 2.24) is 0 Å². The molecular weight excluding hydrogens is 434 g/mol. The molecule has 0 aliphatic rings. The van der Waals surface area contributed by atoms with E-state index in [0.717, 1.165) is 23.1 Å². The summed E-state index contributed by atoms with van der Waals surface area (Å²) in [4.78, 5) is 25.3. The molecule has 5 nitrogen and oxygen atoms in total. The van der Waals surface area contributed by atoms with Crippen LogP contribution in [0, 0.1) is 6.92 Å². The Morgan fingerprint density at radius 1 is 1.16 bits per heavy atom. The summed E-state index contributed by atoms with van der Waals surface area (Å²) in [6.07, 6.45) is 0.153. The van der Waals surface area contributed by atoms with Gasteiger partial charge in [-0.3, -0.25) is 4.79 Å². The zero-order valence-electron chi connectivity index (χ0n) is 17.8. The summed E-state index contributed by atoms with van der Waals surface area (Å²) in [5.74, 6) is -0.300. The van der Waals surface area contributed by atoms with Crippen molar-refractivity contribution in [3.05, 3.63) is 69.6 Å². The Labute approximate surface area is 191 Å². The van der Waals surface area contributed by atoms with Crippen LogP contribution >= 0.6 is 22.9 Å². The van der Waals surface area contributed by atoms with E-state index in [2.05, 4.69) is 12.2 Å². The quantitative estimate of drug-likeness (QED) is 0.433. The number of hydrogen-bond acceptors (Lipinski definition) is 5. The van der Waals surface area contributed by atoms with Crippen LogP contribution in [0.1, 0.15) is 35.3 Å². The zero-order valence-corrected chi connectivity index (χ0v) is 19.4. The third-order valence-corrected chi connectivity index (χ3v) is 6.03. The normalized spacial score (nSPS) is 11.6. The summed E-state index contributed by atoms with van der Waals surface area (Å²) in [5.41, 5.74) is 3.97. The second kappa shape index (κ2) is 9.98. The van der Waals surface area contributed by atoms with Crippen molar-refractivity contribution in [1.29, 1.82) is 0 Å².